The molecule has 0 radical (unpaired) electrons. The molecule has 3 aromatic carbocycles. The highest BCUT2D eigenvalue weighted by atomic mass is 79.9. The van der Waals surface area contributed by atoms with Crippen molar-refractivity contribution in [3.05, 3.63) is 109 Å². The molecule has 4 aromatic rings. The molecule has 0 bridgehead atoms. The molecule has 0 atom stereocenters. The minimum Gasteiger partial charge on any atom is -0.497 e. The highest BCUT2D eigenvalue weighted by Gasteiger charge is 2.14. The SMILES string of the molecule is COc1ccc(CNC(=O)c2ccc3c(c2)c(=O)n(Cc2ccc(Br)cc2)c(=O)n3C)cc1. The fourth-order valence-corrected chi connectivity index (χ4v) is 3.86. The van der Waals surface area contributed by atoms with Crippen molar-refractivity contribution in [2.75, 3.05) is 7.11 Å². The second-order valence-corrected chi connectivity index (χ2v) is 8.54. The van der Waals surface area contributed by atoms with Gasteiger partial charge in [-0.1, -0.05) is 40.2 Å². The van der Waals surface area contributed by atoms with Crippen LogP contribution in [0.2, 0.25) is 0 Å². The van der Waals surface area contributed by atoms with Crippen molar-refractivity contribution >= 4 is 32.7 Å². The summed E-state index contributed by atoms with van der Waals surface area (Å²) >= 11 is 3.38. The zero-order valence-electron chi connectivity index (χ0n) is 18.2. The first-order chi connectivity index (χ1) is 15.9. The average molecular weight is 508 g/mol. The molecule has 0 unspecified atom stereocenters. The van der Waals surface area contributed by atoms with Gasteiger partial charge in [0.2, 0.25) is 0 Å². The van der Waals surface area contributed by atoms with Crippen LogP contribution in [0.15, 0.2) is 80.8 Å². The minimum atomic E-state index is -0.430. The van der Waals surface area contributed by atoms with E-state index in [1.165, 1.54) is 9.13 Å². The fourth-order valence-electron chi connectivity index (χ4n) is 3.60. The molecular formula is C25H22BrN3O4. The van der Waals surface area contributed by atoms with Gasteiger partial charge in [0.25, 0.3) is 11.5 Å². The predicted molar refractivity (Wildman–Crippen MR) is 131 cm³/mol. The third kappa shape index (κ3) is 4.75. The van der Waals surface area contributed by atoms with Crippen LogP contribution in [0.1, 0.15) is 21.5 Å². The highest BCUT2D eigenvalue weighted by molar-refractivity contribution is 9.10. The van der Waals surface area contributed by atoms with Gasteiger partial charge in [0.1, 0.15) is 5.75 Å². The van der Waals surface area contributed by atoms with Gasteiger partial charge < -0.3 is 10.1 Å². The number of methoxy groups -OCH3 is 1. The van der Waals surface area contributed by atoms with Gasteiger partial charge in [-0.3, -0.25) is 18.7 Å². The number of ether oxygens (including phenoxy) is 1. The molecule has 0 aliphatic rings. The number of aryl methyl sites for hydroxylation is 1. The van der Waals surface area contributed by atoms with Crippen LogP contribution in [-0.4, -0.2) is 22.2 Å². The molecule has 8 heteroatoms. The summed E-state index contributed by atoms with van der Waals surface area (Å²) in [7, 11) is 3.21. The number of aromatic nitrogens is 2. The number of rotatable bonds is 6. The molecule has 33 heavy (non-hydrogen) atoms. The van der Waals surface area contributed by atoms with Gasteiger partial charge in [-0.15, -0.1) is 0 Å². The number of amides is 1. The van der Waals surface area contributed by atoms with E-state index in [1.807, 2.05) is 48.5 Å². The molecule has 0 saturated carbocycles. The Morgan fingerprint density at radius 2 is 1.64 bits per heavy atom. The molecule has 1 N–H and O–H groups in total. The molecule has 7 nitrogen and oxygen atoms in total. The molecule has 0 spiro atoms. The summed E-state index contributed by atoms with van der Waals surface area (Å²) in [6, 6.07) is 19.6. The summed E-state index contributed by atoms with van der Waals surface area (Å²) in [5.41, 5.74) is 1.73. The molecular weight excluding hydrogens is 486 g/mol. The number of hydrogen-bond donors (Lipinski definition) is 1. The van der Waals surface area contributed by atoms with E-state index in [4.69, 9.17) is 4.74 Å². The summed E-state index contributed by atoms with van der Waals surface area (Å²) in [6.07, 6.45) is 0. The molecule has 1 heterocycles. The number of benzene rings is 3. The van der Waals surface area contributed by atoms with Crippen LogP contribution in [-0.2, 0) is 20.1 Å². The van der Waals surface area contributed by atoms with Crippen LogP contribution in [0.3, 0.4) is 0 Å². The van der Waals surface area contributed by atoms with Crippen LogP contribution < -0.4 is 21.3 Å². The number of fused-ring (bicyclic) bond motifs is 1. The lowest BCUT2D eigenvalue weighted by molar-refractivity contribution is 0.0951. The van der Waals surface area contributed by atoms with Crippen molar-refractivity contribution in [1.29, 1.82) is 0 Å². The lowest BCUT2D eigenvalue weighted by atomic mass is 10.1. The van der Waals surface area contributed by atoms with Crippen LogP contribution in [0.5, 0.6) is 5.75 Å². The number of nitrogens with zero attached hydrogens (tertiary/aromatic N) is 2. The topological polar surface area (TPSA) is 82.3 Å². The maximum absolute atomic E-state index is 13.2. The maximum atomic E-state index is 13.2. The summed E-state index contributed by atoms with van der Waals surface area (Å²) in [5, 5.41) is 3.17. The molecule has 0 saturated heterocycles. The number of carbonyl (C=O) groups is 1. The number of hydrogen-bond acceptors (Lipinski definition) is 4. The Balaban J connectivity index is 1.64. The van der Waals surface area contributed by atoms with Gasteiger partial charge in [-0.25, -0.2) is 4.79 Å². The Hall–Kier alpha value is -3.65. The van der Waals surface area contributed by atoms with Gasteiger partial charge >= 0.3 is 5.69 Å². The van der Waals surface area contributed by atoms with Gasteiger partial charge in [0.05, 0.1) is 24.6 Å². The van der Waals surface area contributed by atoms with Crippen LogP contribution in [0.4, 0.5) is 0 Å². The largest absolute Gasteiger partial charge is 0.497 e. The van der Waals surface area contributed by atoms with E-state index < -0.39 is 11.2 Å². The van der Waals surface area contributed by atoms with Crippen molar-refractivity contribution < 1.29 is 9.53 Å². The van der Waals surface area contributed by atoms with Crippen LogP contribution in [0, 0.1) is 0 Å². The Morgan fingerprint density at radius 1 is 0.970 bits per heavy atom. The van der Waals surface area contributed by atoms with Crippen LogP contribution in [0.25, 0.3) is 10.9 Å². The smallest absolute Gasteiger partial charge is 0.331 e. The van der Waals surface area contributed by atoms with Crippen molar-refractivity contribution in [2.24, 2.45) is 7.05 Å². The van der Waals surface area contributed by atoms with E-state index >= 15 is 0 Å². The normalized spacial score (nSPS) is 10.9. The maximum Gasteiger partial charge on any atom is 0.331 e. The zero-order valence-corrected chi connectivity index (χ0v) is 19.8. The summed E-state index contributed by atoms with van der Waals surface area (Å²) in [5.74, 6) is 0.435. The molecule has 4 rings (SSSR count). The Bertz CT molecular complexity index is 1440. The monoisotopic (exact) mass is 507 g/mol. The second kappa shape index (κ2) is 9.46. The van der Waals surface area contributed by atoms with E-state index in [-0.39, 0.29) is 12.5 Å². The van der Waals surface area contributed by atoms with E-state index in [2.05, 4.69) is 21.2 Å². The third-order valence-electron chi connectivity index (χ3n) is 5.48. The summed E-state index contributed by atoms with van der Waals surface area (Å²) < 4.78 is 8.66. The molecule has 1 amide bonds. The molecule has 0 aliphatic heterocycles. The first-order valence-corrected chi connectivity index (χ1v) is 11.1. The lowest BCUT2D eigenvalue weighted by Crippen LogP contribution is -2.39. The van der Waals surface area contributed by atoms with Crippen LogP contribution >= 0.6 is 15.9 Å². The van der Waals surface area contributed by atoms with Gasteiger partial charge in [-0.2, -0.15) is 0 Å². The van der Waals surface area contributed by atoms with Crippen molar-refractivity contribution in [1.82, 2.24) is 14.5 Å². The van der Waals surface area contributed by atoms with E-state index in [1.54, 1.807) is 32.4 Å². The second-order valence-electron chi connectivity index (χ2n) is 7.62. The Morgan fingerprint density at radius 3 is 2.30 bits per heavy atom. The standard InChI is InChI=1S/C25H22BrN3O4/c1-28-22-12-7-18(23(30)27-14-16-5-10-20(33-2)11-6-16)13-21(22)24(31)29(25(28)32)15-17-3-8-19(26)9-4-17/h3-13H,14-15H2,1-2H3,(H,27,30). The third-order valence-corrected chi connectivity index (χ3v) is 6.01. The quantitative estimate of drug-likeness (QED) is 0.433. The summed E-state index contributed by atoms with van der Waals surface area (Å²) in [4.78, 5) is 38.7. The molecule has 1 aromatic heterocycles. The molecule has 168 valence electrons. The number of nitrogens with one attached hydrogen (secondary N) is 1. The van der Waals surface area contributed by atoms with Gasteiger partial charge in [-0.05, 0) is 53.6 Å². The van der Waals surface area contributed by atoms with E-state index in [9.17, 15) is 14.4 Å². The highest BCUT2D eigenvalue weighted by Crippen LogP contribution is 2.14. The van der Waals surface area contributed by atoms with Crippen molar-refractivity contribution in [3.63, 3.8) is 0 Å². The Kier molecular flexibility index (Phi) is 6.46. The van der Waals surface area contributed by atoms with Crippen molar-refractivity contribution in [3.8, 4) is 5.75 Å². The molecule has 0 fully saturated rings. The number of halogens is 1. The average Bonchev–Trinajstić information content (AvgIpc) is 2.85. The van der Waals surface area contributed by atoms with E-state index in [0.29, 0.717) is 23.0 Å². The Labute approximate surface area is 198 Å². The summed E-state index contributed by atoms with van der Waals surface area (Å²) in [6.45, 7) is 0.477. The zero-order chi connectivity index (χ0) is 23.5. The predicted octanol–water partition coefficient (Wildman–Crippen LogP) is 3.45. The van der Waals surface area contributed by atoms with Crippen molar-refractivity contribution in [2.45, 2.75) is 13.1 Å². The first-order valence-electron chi connectivity index (χ1n) is 10.3. The van der Waals surface area contributed by atoms with Gasteiger partial charge in [0.15, 0.2) is 0 Å². The first kappa shape index (κ1) is 22.5. The number of carbonyl (C=O) groups excluding carboxylic acids is 1. The fraction of sp³-hybridized carbons (Fsp3) is 0.160. The van der Waals surface area contributed by atoms with Gasteiger partial charge in [0, 0.05) is 23.6 Å². The molecule has 0 aliphatic carbocycles. The minimum absolute atomic E-state index is 0.141. The lowest BCUT2D eigenvalue weighted by Gasteiger charge is -2.12. The van der Waals surface area contributed by atoms with E-state index in [0.717, 1.165) is 21.3 Å².